The van der Waals surface area contributed by atoms with E-state index in [9.17, 15) is 28.5 Å². The number of aromatic amines is 1. The molecular formula is C14H17N3O11PS+. The van der Waals surface area contributed by atoms with Gasteiger partial charge in [-0.15, -0.1) is 4.52 Å². The maximum Gasteiger partial charge on any atom is 0.582 e. The van der Waals surface area contributed by atoms with Crippen molar-refractivity contribution in [2.24, 2.45) is 0 Å². The molecule has 30 heavy (non-hydrogen) atoms. The number of hydrogen-bond donors (Lipinski definition) is 5. The minimum absolute atomic E-state index is 0.693. The molecule has 164 valence electrons. The van der Waals surface area contributed by atoms with Crippen LogP contribution >= 0.6 is 19.5 Å². The number of aliphatic carboxylic acids is 2. The zero-order valence-electron chi connectivity index (χ0n) is 15.2. The van der Waals surface area contributed by atoms with Crippen LogP contribution in [-0.4, -0.2) is 69.1 Å². The van der Waals surface area contributed by atoms with Gasteiger partial charge in [0.25, 0.3) is 11.5 Å². The van der Waals surface area contributed by atoms with E-state index in [-0.39, 0.29) is 0 Å². The topological polar surface area (TPSA) is 203 Å². The van der Waals surface area contributed by atoms with Gasteiger partial charge >= 0.3 is 24.9 Å². The van der Waals surface area contributed by atoms with Gasteiger partial charge in [0.1, 0.15) is 24.4 Å². The van der Waals surface area contributed by atoms with Crippen LogP contribution in [0.15, 0.2) is 21.9 Å². The first-order valence-corrected chi connectivity index (χ1v) is 10.5. The highest BCUT2D eigenvalue weighted by atomic mass is 32.7. The fourth-order valence-corrected chi connectivity index (χ4v) is 3.57. The molecule has 2 rings (SSSR count). The molecule has 0 radical (unpaired) electrons. The number of methoxy groups -OCH3 is 1. The summed E-state index contributed by atoms with van der Waals surface area (Å²) >= 11 is 3.62. The number of aromatic nitrogens is 2. The van der Waals surface area contributed by atoms with E-state index in [2.05, 4.69) is 12.2 Å². The van der Waals surface area contributed by atoms with Crippen LogP contribution in [-0.2, 0) is 32.9 Å². The quantitative estimate of drug-likeness (QED) is 0.208. The summed E-state index contributed by atoms with van der Waals surface area (Å²) in [5, 5.41) is 19.9. The number of thiol groups is 1. The molecule has 16 heteroatoms. The number of carboxylic acid groups (broad SMARTS) is 2. The first-order valence-electron chi connectivity index (χ1n) is 8.12. The van der Waals surface area contributed by atoms with E-state index in [0.29, 0.717) is 0 Å². The number of nitrogens with zero attached hydrogens (tertiary/aromatic N) is 1. The van der Waals surface area contributed by atoms with Gasteiger partial charge in [0.2, 0.25) is 0 Å². The number of rotatable bonds is 9. The van der Waals surface area contributed by atoms with Gasteiger partial charge in [-0.25, -0.2) is 9.59 Å². The number of amides is 1. The molecule has 6 atom stereocenters. The predicted octanol–water partition coefficient (Wildman–Crippen LogP) is -1.53. The summed E-state index contributed by atoms with van der Waals surface area (Å²) < 4.78 is 28.2. The number of carbonyl (C=O) groups is 3. The van der Waals surface area contributed by atoms with E-state index in [0.717, 1.165) is 16.8 Å². The molecule has 0 aliphatic carbocycles. The third-order valence-corrected chi connectivity index (χ3v) is 4.76. The number of carboxylic acids is 2. The highest BCUT2D eigenvalue weighted by Crippen LogP contribution is 2.40. The Labute approximate surface area is 173 Å². The first kappa shape index (κ1) is 23.7. The fourth-order valence-electron chi connectivity index (χ4n) is 2.80. The average Bonchev–Trinajstić information content (AvgIpc) is 2.98. The summed E-state index contributed by atoms with van der Waals surface area (Å²) in [6.45, 7) is 0. The molecule has 1 fully saturated rings. The van der Waals surface area contributed by atoms with Crippen molar-refractivity contribution < 1.29 is 43.2 Å². The van der Waals surface area contributed by atoms with Crippen LogP contribution < -0.4 is 16.6 Å². The molecule has 2 heterocycles. The van der Waals surface area contributed by atoms with Crippen LogP contribution in [0, 0.1) is 0 Å². The van der Waals surface area contributed by atoms with Crippen LogP contribution in [0.4, 0.5) is 0 Å². The Morgan fingerprint density at radius 3 is 2.53 bits per heavy atom. The first-order chi connectivity index (χ1) is 14.0. The van der Waals surface area contributed by atoms with Crippen molar-refractivity contribution >= 4 is 37.3 Å². The minimum atomic E-state index is -2.59. The fraction of sp³-hybridized carbons (Fsp3) is 0.500. The van der Waals surface area contributed by atoms with Crippen molar-refractivity contribution in [2.75, 3.05) is 7.11 Å². The molecular weight excluding hydrogens is 449 g/mol. The molecule has 0 aromatic carbocycles. The van der Waals surface area contributed by atoms with Crippen molar-refractivity contribution in [3.8, 4) is 0 Å². The van der Waals surface area contributed by atoms with Crippen LogP contribution in [0.3, 0.4) is 0 Å². The summed E-state index contributed by atoms with van der Waals surface area (Å²) in [6.07, 6.45) is -5.47. The summed E-state index contributed by atoms with van der Waals surface area (Å²) in [5.74, 6) is -4.20. The lowest BCUT2D eigenvalue weighted by Crippen LogP contribution is -2.50. The van der Waals surface area contributed by atoms with E-state index in [1.807, 2.05) is 10.3 Å². The van der Waals surface area contributed by atoms with Gasteiger partial charge in [-0.1, -0.05) is 0 Å². The zero-order valence-corrected chi connectivity index (χ0v) is 16.9. The smallest absolute Gasteiger partial charge is 0.481 e. The maximum absolute atomic E-state index is 12.6. The third-order valence-electron chi connectivity index (χ3n) is 4.05. The van der Waals surface area contributed by atoms with Gasteiger partial charge in [0, 0.05) is 19.4 Å². The number of hydrogen-bond acceptors (Lipinski definition) is 9. The summed E-state index contributed by atoms with van der Waals surface area (Å²) in [4.78, 5) is 60.0. The Hall–Kier alpha value is -2.58. The Morgan fingerprint density at radius 2 is 2.03 bits per heavy atom. The Bertz CT molecular complexity index is 963. The second kappa shape index (κ2) is 9.95. The number of nitrogens with one attached hydrogen (secondary N) is 2. The van der Waals surface area contributed by atoms with E-state index >= 15 is 0 Å². The Kier molecular flexibility index (Phi) is 7.86. The van der Waals surface area contributed by atoms with Gasteiger partial charge in [-0.05, 0) is 4.57 Å². The predicted molar refractivity (Wildman–Crippen MR) is 99.3 cm³/mol. The molecule has 1 saturated heterocycles. The van der Waals surface area contributed by atoms with Crippen molar-refractivity contribution in [2.45, 2.75) is 37.0 Å². The zero-order chi connectivity index (χ0) is 22.6. The minimum Gasteiger partial charge on any atom is -0.481 e. The molecule has 4 N–H and O–H groups in total. The highest BCUT2D eigenvalue weighted by molar-refractivity contribution is 8.39. The Balaban J connectivity index is 2.38. The second-order valence-electron chi connectivity index (χ2n) is 5.97. The van der Waals surface area contributed by atoms with Crippen LogP contribution in [0.1, 0.15) is 12.6 Å². The monoisotopic (exact) mass is 466 g/mol. The molecule has 0 saturated carbocycles. The second-order valence-corrected chi connectivity index (χ2v) is 7.64. The summed E-state index contributed by atoms with van der Waals surface area (Å²) in [6, 6.07) is -0.785. The van der Waals surface area contributed by atoms with Crippen molar-refractivity contribution in [3.63, 3.8) is 0 Å². The molecule has 1 aliphatic heterocycles. The SMILES string of the molecule is CO[C@H]1C(O[P+](=O)S)[C@@H](C(=O)N[C@H](CC(=O)O)C(=O)O)O[C@H]1n1ccc(=O)[nH]c1=O. The summed E-state index contributed by atoms with van der Waals surface area (Å²) in [5.41, 5.74) is -1.60. The number of H-pyrrole nitrogens is 1. The van der Waals surface area contributed by atoms with Gasteiger partial charge in [0.15, 0.2) is 18.4 Å². The molecule has 0 spiro atoms. The molecule has 0 bridgehead atoms. The lowest BCUT2D eigenvalue weighted by Gasteiger charge is -2.19. The van der Waals surface area contributed by atoms with E-state index in [1.54, 1.807) is 0 Å². The molecule has 1 amide bonds. The van der Waals surface area contributed by atoms with E-state index in [1.165, 1.54) is 7.11 Å². The molecule has 1 aliphatic rings. The molecule has 14 nitrogen and oxygen atoms in total. The highest BCUT2D eigenvalue weighted by Gasteiger charge is 2.54. The number of ether oxygens (including phenoxy) is 2. The van der Waals surface area contributed by atoms with Crippen LogP contribution in [0.5, 0.6) is 0 Å². The Morgan fingerprint density at radius 1 is 1.37 bits per heavy atom. The van der Waals surface area contributed by atoms with Crippen LogP contribution in [0.25, 0.3) is 0 Å². The lowest BCUT2D eigenvalue weighted by atomic mass is 10.1. The molecule has 1 aromatic rings. The van der Waals surface area contributed by atoms with E-state index < -0.39 is 73.3 Å². The maximum atomic E-state index is 12.6. The van der Waals surface area contributed by atoms with Crippen molar-refractivity contribution in [1.82, 2.24) is 14.9 Å². The third kappa shape index (κ3) is 5.52. The van der Waals surface area contributed by atoms with Gasteiger partial charge < -0.3 is 25.0 Å². The van der Waals surface area contributed by atoms with Crippen molar-refractivity contribution in [1.29, 1.82) is 0 Å². The van der Waals surface area contributed by atoms with Gasteiger partial charge in [-0.3, -0.25) is 23.9 Å². The van der Waals surface area contributed by atoms with Gasteiger partial charge in [0.05, 0.1) is 6.42 Å². The van der Waals surface area contributed by atoms with Gasteiger partial charge in [-0.2, -0.15) is 0 Å². The molecule has 2 unspecified atom stereocenters. The largest absolute Gasteiger partial charge is 0.582 e. The molecule has 1 aromatic heterocycles. The van der Waals surface area contributed by atoms with E-state index in [4.69, 9.17) is 24.2 Å². The summed E-state index contributed by atoms with van der Waals surface area (Å²) in [7, 11) is -1.41. The lowest BCUT2D eigenvalue weighted by molar-refractivity contribution is -0.149. The van der Waals surface area contributed by atoms with Crippen molar-refractivity contribution in [3.05, 3.63) is 33.1 Å². The van der Waals surface area contributed by atoms with Crippen LogP contribution in [0.2, 0.25) is 0 Å². The number of carbonyl (C=O) groups excluding carboxylic acids is 1. The average molecular weight is 466 g/mol. The normalized spacial score (nSPS) is 24.8. The standard InChI is InChI=1S/C14H16N3O11PS/c1-26-10-8(28-29(25)30)9(11(21)15-5(13(22)23)4-7(19)20)27-12(10)17-3-2-6(18)16-14(17)24/h2-3,5,8-10,12H,4H2,1H3,(H4-,15,16,18,19,20,21,22,23,24,25,30)/p+1/t5-,8?,9+,10+,12-/m1/s1.